The van der Waals surface area contributed by atoms with E-state index in [1.54, 1.807) is 25.1 Å². The number of carboxylic acids is 1. The Morgan fingerprint density at radius 1 is 1.02 bits per heavy atom. The fraction of sp³-hybridized carbons (Fsp3) is 0.514. The minimum Gasteiger partial charge on any atom is -0.481 e. The minimum atomic E-state index is -4.76. The van der Waals surface area contributed by atoms with E-state index in [0.717, 1.165) is 9.96 Å². The van der Waals surface area contributed by atoms with E-state index in [4.69, 9.17) is 24.1 Å². The van der Waals surface area contributed by atoms with E-state index in [2.05, 4.69) is 15.2 Å². The quantitative estimate of drug-likeness (QED) is 0.161. The first-order valence-electron chi connectivity index (χ1n) is 17.8. The zero-order chi connectivity index (χ0) is 40.0. The normalized spacial score (nSPS) is 16.2. The minimum absolute atomic E-state index is 0.0424. The molecule has 4 heterocycles. The number of pyridine rings is 2. The van der Waals surface area contributed by atoms with Gasteiger partial charge in [-0.05, 0) is 80.5 Å². The number of aliphatic hydroxyl groups excluding tert-OH is 1. The zero-order valence-electron chi connectivity index (χ0n) is 31.1. The third-order valence-electron chi connectivity index (χ3n) is 9.47. The molecule has 0 saturated heterocycles. The van der Waals surface area contributed by atoms with E-state index < -0.39 is 39.3 Å². The molecule has 5 rings (SSSR count). The lowest BCUT2D eigenvalue weighted by molar-refractivity contribution is -0.147. The number of carbonyl (C=O) groups is 1. The molecule has 55 heavy (non-hydrogen) atoms. The Bertz CT molecular complexity index is 2070. The summed E-state index contributed by atoms with van der Waals surface area (Å²) >= 11 is 0. The van der Waals surface area contributed by atoms with Gasteiger partial charge in [-0.2, -0.15) is 22.5 Å². The number of fused-ring (bicyclic) bond motifs is 2. The highest BCUT2D eigenvalue weighted by atomic mass is 32.2. The van der Waals surface area contributed by atoms with E-state index in [9.17, 15) is 31.5 Å². The number of hydrogen-bond acceptors (Lipinski definition) is 11. The van der Waals surface area contributed by atoms with Gasteiger partial charge in [0.1, 0.15) is 11.5 Å². The molecule has 0 spiro atoms. The number of aliphatic hydroxyl groups is 1. The van der Waals surface area contributed by atoms with Crippen molar-refractivity contribution in [3.8, 4) is 11.8 Å². The first kappa shape index (κ1) is 41.8. The van der Waals surface area contributed by atoms with Gasteiger partial charge in [0, 0.05) is 64.1 Å². The molecule has 0 amide bonds. The first-order chi connectivity index (χ1) is 26.1. The van der Waals surface area contributed by atoms with Crippen molar-refractivity contribution in [3.63, 3.8) is 0 Å². The molecule has 18 heteroatoms. The van der Waals surface area contributed by atoms with Crippen LogP contribution >= 0.6 is 0 Å². The number of halogens is 3. The lowest BCUT2D eigenvalue weighted by Gasteiger charge is -2.33. The summed E-state index contributed by atoms with van der Waals surface area (Å²) in [7, 11) is -4.25. The van der Waals surface area contributed by atoms with Crippen molar-refractivity contribution >= 4 is 21.6 Å². The summed E-state index contributed by atoms with van der Waals surface area (Å²) < 4.78 is 94.6. The Balaban J connectivity index is 1.49. The molecule has 0 aliphatic carbocycles. The largest absolute Gasteiger partial charge is 0.481 e. The van der Waals surface area contributed by atoms with Gasteiger partial charge in [0.2, 0.25) is 27.6 Å². The molecule has 3 aromatic heterocycles. The third-order valence-corrected chi connectivity index (χ3v) is 11.3. The molecular weight excluding hydrogens is 747 g/mol. The van der Waals surface area contributed by atoms with Crippen LogP contribution in [0.3, 0.4) is 0 Å². The summed E-state index contributed by atoms with van der Waals surface area (Å²) in [4.78, 5) is 17.0. The monoisotopic (exact) mass is 793 g/mol. The van der Waals surface area contributed by atoms with Crippen LogP contribution in [0.15, 0.2) is 47.5 Å². The second-order valence-electron chi connectivity index (χ2n) is 13.8. The van der Waals surface area contributed by atoms with Crippen molar-refractivity contribution in [1.29, 1.82) is 0 Å². The molecule has 1 atom stereocenters. The van der Waals surface area contributed by atoms with Crippen LogP contribution in [-0.4, -0.2) is 101 Å². The van der Waals surface area contributed by atoms with Crippen LogP contribution in [0.25, 0.3) is 5.65 Å². The second-order valence-corrected chi connectivity index (χ2v) is 15.7. The molecular formula is C37H46F3N5O9S. The summed E-state index contributed by atoms with van der Waals surface area (Å²) in [6, 6.07) is 9.55. The van der Waals surface area contributed by atoms with Crippen LogP contribution in [-0.2, 0) is 37.0 Å². The lowest BCUT2D eigenvalue weighted by Crippen LogP contribution is -2.34. The van der Waals surface area contributed by atoms with E-state index in [1.807, 2.05) is 6.92 Å². The van der Waals surface area contributed by atoms with E-state index in [-0.39, 0.29) is 68.4 Å². The van der Waals surface area contributed by atoms with Crippen molar-refractivity contribution in [2.45, 2.75) is 70.5 Å². The molecule has 0 unspecified atom stereocenters. The predicted molar refractivity (Wildman–Crippen MR) is 193 cm³/mol. The predicted octanol–water partition coefficient (Wildman–Crippen LogP) is 5.16. The molecule has 300 valence electrons. The Labute approximate surface area is 317 Å². The van der Waals surface area contributed by atoms with E-state index >= 15 is 0 Å². The average molecular weight is 794 g/mol. The molecule has 14 nitrogen and oxygen atoms in total. The van der Waals surface area contributed by atoms with Crippen LogP contribution in [0.2, 0.25) is 0 Å². The number of sulfonamides is 1. The van der Waals surface area contributed by atoms with Gasteiger partial charge < -0.3 is 29.2 Å². The smallest absolute Gasteiger partial charge is 0.452 e. The fourth-order valence-electron chi connectivity index (χ4n) is 6.41. The number of aryl methyl sites for hydroxylation is 2. The molecule has 0 radical (unpaired) electrons. The molecule has 2 N–H and O–H groups in total. The Hall–Kier alpha value is -4.36. The number of aromatic nitrogens is 4. The van der Waals surface area contributed by atoms with Crippen molar-refractivity contribution in [2.24, 2.45) is 5.41 Å². The molecule has 1 aliphatic heterocycles. The highest BCUT2D eigenvalue weighted by Crippen LogP contribution is 2.44. The summed E-state index contributed by atoms with van der Waals surface area (Å²) in [6.07, 6.45) is -2.13. The number of rotatable bonds is 14. The molecule has 0 fully saturated rings. The van der Waals surface area contributed by atoms with Crippen LogP contribution in [0.4, 0.5) is 13.2 Å². The van der Waals surface area contributed by atoms with Crippen molar-refractivity contribution < 1.29 is 55.5 Å². The number of benzene rings is 1. The van der Waals surface area contributed by atoms with Crippen molar-refractivity contribution in [2.75, 3.05) is 52.8 Å². The average Bonchev–Trinajstić information content (AvgIpc) is 3.57. The van der Waals surface area contributed by atoms with Gasteiger partial charge in [-0.25, -0.2) is 8.42 Å². The van der Waals surface area contributed by atoms with Crippen molar-refractivity contribution in [3.05, 3.63) is 76.2 Å². The van der Waals surface area contributed by atoms with Gasteiger partial charge in [0.05, 0.1) is 18.6 Å². The standard InChI is InChI=1S/C37H46F3N5O9S/c1-24-8-9-26(31(36(3,4)35(47)48)28-12-14-45-32(25(28)2)42-43-34(45)37(38,39)40)22-27(24)23-44-13-5-16-52-20-21-54-33-29(55(44,49)50)10-11-30(41-33)53-19-7-18-51-17-6-15-46/h8-12,14,22,31,46H,5-7,13,15-21,23H2,1-4H3,(H,47,48)/t31-/m1/s1. The molecule has 1 aromatic carbocycles. The SMILES string of the molecule is Cc1ccc([C@H](c2ccn3c(C(F)(F)F)nnc3c2C)C(C)(C)C(=O)O)cc1CN1CCCOCCOc2nc(OCCCOCCCO)ccc2S1(=O)=O. The van der Waals surface area contributed by atoms with Gasteiger partial charge in [-0.15, -0.1) is 10.2 Å². The highest BCUT2D eigenvalue weighted by molar-refractivity contribution is 7.89. The highest BCUT2D eigenvalue weighted by Gasteiger charge is 2.42. The van der Waals surface area contributed by atoms with Gasteiger partial charge in [0.15, 0.2) is 5.65 Å². The lowest BCUT2D eigenvalue weighted by atomic mass is 9.70. The molecule has 4 aromatic rings. The summed E-state index contributed by atoms with van der Waals surface area (Å²) in [5.74, 6) is -3.22. The number of hydrogen-bond donors (Lipinski definition) is 2. The third kappa shape index (κ3) is 9.55. The summed E-state index contributed by atoms with van der Waals surface area (Å²) in [6.45, 7) is 8.07. The maximum Gasteiger partial charge on any atom is 0.452 e. The Kier molecular flexibility index (Phi) is 13.4. The number of carboxylic acid groups (broad SMARTS) is 1. The van der Waals surface area contributed by atoms with Crippen molar-refractivity contribution in [1.82, 2.24) is 23.9 Å². The number of alkyl halides is 3. The fourth-order valence-corrected chi connectivity index (χ4v) is 7.93. The number of ether oxygens (including phenoxy) is 4. The van der Waals surface area contributed by atoms with Crippen LogP contribution in [0.1, 0.15) is 72.7 Å². The van der Waals surface area contributed by atoms with E-state index in [1.165, 1.54) is 42.5 Å². The maximum atomic E-state index is 14.4. The van der Waals surface area contributed by atoms with Crippen LogP contribution in [0, 0.1) is 19.3 Å². The van der Waals surface area contributed by atoms with E-state index in [0.29, 0.717) is 54.7 Å². The molecule has 0 bridgehead atoms. The maximum absolute atomic E-state index is 14.4. The Morgan fingerprint density at radius 2 is 1.78 bits per heavy atom. The topological polar surface area (TPSA) is 175 Å². The van der Waals surface area contributed by atoms with Gasteiger partial charge in [-0.3, -0.25) is 9.20 Å². The number of nitrogens with zero attached hydrogens (tertiary/aromatic N) is 5. The Morgan fingerprint density at radius 3 is 2.51 bits per heavy atom. The number of aliphatic carboxylic acids is 1. The molecule has 1 aliphatic rings. The van der Waals surface area contributed by atoms with Gasteiger partial charge >= 0.3 is 12.1 Å². The zero-order valence-corrected chi connectivity index (χ0v) is 32.0. The van der Waals surface area contributed by atoms with Crippen LogP contribution < -0.4 is 9.47 Å². The summed E-state index contributed by atoms with van der Waals surface area (Å²) in [5.41, 5.74) is 1.04. The molecule has 0 saturated carbocycles. The van der Waals surface area contributed by atoms with Crippen LogP contribution in [0.5, 0.6) is 11.8 Å². The second kappa shape index (κ2) is 17.6. The first-order valence-corrected chi connectivity index (χ1v) is 19.3. The summed E-state index contributed by atoms with van der Waals surface area (Å²) in [5, 5.41) is 26.5. The van der Waals surface area contributed by atoms with Gasteiger partial charge in [0.25, 0.3) is 0 Å². The van der Waals surface area contributed by atoms with Gasteiger partial charge in [-0.1, -0.05) is 18.2 Å².